The van der Waals surface area contributed by atoms with Crippen LogP contribution in [0.15, 0.2) is 18.2 Å². The predicted octanol–water partition coefficient (Wildman–Crippen LogP) is 11.7. The molecular formula is C36H53F5O2S. The number of ether oxygens (including phenoxy) is 1. The molecule has 4 aliphatic carbocycles. The van der Waals surface area contributed by atoms with Crippen LogP contribution >= 0.6 is 11.8 Å². The molecule has 4 unspecified atom stereocenters. The SMILES string of the molecule is CC(=O)Oc1ccc2c(c1)CCC1C2CCC2(C)C1CCC21CC1.CCCCCCCCCSCCCC(F)(F)C(F)(F)F. The molecule has 44 heavy (non-hydrogen) atoms. The van der Waals surface area contributed by atoms with Gasteiger partial charge in [0.05, 0.1) is 0 Å². The molecule has 2 nitrogen and oxygen atoms in total. The largest absolute Gasteiger partial charge is 0.453 e. The topological polar surface area (TPSA) is 26.3 Å². The van der Waals surface area contributed by atoms with Crippen molar-refractivity contribution in [1.82, 2.24) is 0 Å². The van der Waals surface area contributed by atoms with Gasteiger partial charge in [-0.05, 0) is 128 Å². The van der Waals surface area contributed by atoms with Crippen molar-refractivity contribution in [2.24, 2.45) is 22.7 Å². The van der Waals surface area contributed by atoms with Crippen LogP contribution in [-0.4, -0.2) is 29.6 Å². The van der Waals surface area contributed by atoms with E-state index in [1.807, 2.05) is 6.07 Å². The molecule has 3 saturated carbocycles. The molecule has 5 rings (SSSR count). The summed E-state index contributed by atoms with van der Waals surface area (Å²) >= 11 is 1.47. The number of aryl methyl sites for hydroxylation is 1. The van der Waals surface area contributed by atoms with Crippen molar-refractivity contribution in [3.05, 3.63) is 29.3 Å². The van der Waals surface area contributed by atoms with E-state index in [9.17, 15) is 26.7 Å². The van der Waals surface area contributed by atoms with Crippen molar-refractivity contribution in [1.29, 1.82) is 0 Å². The maximum atomic E-state index is 12.6. The monoisotopic (exact) mass is 644 g/mol. The molecule has 1 aromatic rings. The molecule has 1 aromatic carbocycles. The Hall–Kier alpha value is -1.31. The van der Waals surface area contributed by atoms with E-state index in [0.717, 1.165) is 53.9 Å². The summed E-state index contributed by atoms with van der Waals surface area (Å²) in [6.07, 6.45) is 13.0. The molecule has 0 aliphatic heterocycles. The standard InChI is InChI=1S/C22H28O2.C14H25F5S/c1-14(23)24-16-4-6-17-15(13-16)3-5-19-18(17)7-9-21(2)20(19)8-10-22(21)11-12-22;1-2-3-4-5-6-7-8-11-20-12-9-10-13(15,16)14(17,18)19/h4,6,13,18-20H,3,5,7-12H2,1-2H3;2-12H2,1H3. The first kappa shape index (κ1) is 35.5. The van der Waals surface area contributed by atoms with Crippen molar-refractivity contribution in [2.45, 2.75) is 148 Å². The molecule has 8 heteroatoms. The highest BCUT2D eigenvalue weighted by atomic mass is 32.2. The molecule has 1 spiro atoms. The fourth-order valence-electron chi connectivity index (χ4n) is 8.79. The third-order valence-electron chi connectivity index (χ3n) is 11.4. The molecular weight excluding hydrogens is 591 g/mol. The highest BCUT2D eigenvalue weighted by molar-refractivity contribution is 7.99. The van der Waals surface area contributed by atoms with Gasteiger partial charge in [0.25, 0.3) is 0 Å². The number of carbonyl (C=O) groups excluding carboxylic acids is 1. The molecule has 0 radical (unpaired) electrons. The van der Waals surface area contributed by atoms with Gasteiger partial charge in [-0.1, -0.05) is 58.4 Å². The Morgan fingerprint density at radius 2 is 1.59 bits per heavy atom. The maximum Gasteiger partial charge on any atom is 0.453 e. The average Bonchev–Trinajstić information content (AvgIpc) is 3.70. The second kappa shape index (κ2) is 15.1. The van der Waals surface area contributed by atoms with Gasteiger partial charge in [-0.15, -0.1) is 0 Å². The molecule has 4 aliphatic rings. The highest BCUT2D eigenvalue weighted by Crippen LogP contribution is 2.75. The Balaban J connectivity index is 0.000000206. The van der Waals surface area contributed by atoms with Gasteiger partial charge < -0.3 is 4.74 Å². The number of benzene rings is 1. The Morgan fingerprint density at radius 1 is 0.909 bits per heavy atom. The zero-order valence-corrected chi connectivity index (χ0v) is 27.8. The van der Waals surface area contributed by atoms with Gasteiger partial charge in [0, 0.05) is 13.3 Å². The lowest BCUT2D eigenvalue weighted by molar-refractivity contribution is -0.284. The molecule has 0 N–H and O–H groups in total. The Kier molecular flexibility index (Phi) is 12.2. The first-order valence-electron chi connectivity index (χ1n) is 17.2. The minimum atomic E-state index is -5.41. The summed E-state index contributed by atoms with van der Waals surface area (Å²) in [5.41, 5.74) is 4.35. The van der Waals surface area contributed by atoms with Crippen molar-refractivity contribution < 1.29 is 31.5 Å². The van der Waals surface area contributed by atoms with Crippen LogP contribution in [0.2, 0.25) is 0 Å². The molecule has 0 saturated heterocycles. The molecule has 0 aromatic heterocycles. The third kappa shape index (κ3) is 8.34. The van der Waals surface area contributed by atoms with E-state index in [-0.39, 0.29) is 12.4 Å². The van der Waals surface area contributed by atoms with Crippen LogP contribution in [-0.2, 0) is 11.2 Å². The van der Waals surface area contributed by atoms with E-state index in [1.165, 1.54) is 101 Å². The number of fused-ring (bicyclic) bond motifs is 6. The first-order valence-corrected chi connectivity index (χ1v) is 18.3. The lowest BCUT2D eigenvalue weighted by Crippen LogP contribution is -2.42. The number of hydrogen-bond acceptors (Lipinski definition) is 3. The van der Waals surface area contributed by atoms with Crippen molar-refractivity contribution in [3.63, 3.8) is 0 Å². The summed E-state index contributed by atoms with van der Waals surface area (Å²) < 4.78 is 66.1. The van der Waals surface area contributed by atoms with E-state index < -0.39 is 18.5 Å². The van der Waals surface area contributed by atoms with Crippen molar-refractivity contribution in [3.8, 4) is 5.75 Å². The van der Waals surface area contributed by atoms with E-state index in [0.29, 0.717) is 11.2 Å². The summed E-state index contributed by atoms with van der Waals surface area (Å²) in [5.74, 6) is -0.237. The Labute approximate surface area is 266 Å². The fourth-order valence-corrected chi connectivity index (χ4v) is 9.75. The van der Waals surface area contributed by atoms with Crippen LogP contribution in [0.25, 0.3) is 0 Å². The Morgan fingerprint density at radius 3 is 2.25 bits per heavy atom. The molecule has 4 atom stereocenters. The zero-order valence-electron chi connectivity index (χ0n) is 27.0. The van der Waals surface area contributed by atoms with Gasteiger partial charge >= 0.3 is 18.1 Å². The maximum absolute atomic E-state index is 12.6. The molecule has 0 amide bonds. The number of thioether (sulfide) groups is 1. The third-order valence-corrected chi connectivity index (χ3v) is 12.6. The van der Waals surface area contributed by atoms with Crippen molar-refractivity contribution in [2.75, 3.05) is 11.5 Å². The fraction of sp³-hybridized carbons (Fsp3) is 0.806. The lowest BCUT2D eigenvalue weighted by atomic mass is 9.53. The summed E-state index contributed by atoms with van der Waals surface area (Å²) in [6.45, 7) is 6.28. The van der Waals surface area contributed by atoms with Gasteiger partial charge in [0.15, 0.2) is 0 Å². The molecule has 0 heterocycles. The van der Waals surface area contributed by atoms with Gasteiger partial charge in [-0.25, -0.2) is 0 Å². The number of halogens is 5. The van der Waals surface area contributed by atoms with Gasteiger partial charge in [0.1, 0.15) is 5.75 Å². The van der Waals surface area contributed by atoms with E-state index in [2.05, 4.69) is 26.0 Å². The minimum Gasteiger partial charge on any atom is -0.427 e. The Bertz CT molecular complexity index is 1080. The lowest BCUT2D eigenvalue weighted by Gasteiger charge is -2.51. The summed E-state index contributed by atoms with van der Waals surface area (Å²) in [5, 5.41) is 0. The van der Waals surface area contributed by atoms with Crippen LogP contribution in [0.3, 0.4) is 0 Å². The molecule has 250 valence electrons. The van der Waals surface area contributed by atoms with E-state index in [1.54, 1.807) is 5.56 Å². The van der Waals surface area contributed by atoms with Gasteiger partial charge in [-0.3, -0.25) is 4.79 Å². The number of unbranched alkanes of at least 4 members (excludes halogenated alkanes) is 6. The number of alkyl halides is 5. The van der Waals surface area contributed by atoms with E-state index in [4.69, 9.17) is 4.74 Å². The predicted molar refractivity (Wildman–Crippen MR) is 170 cm³/mol. The van der Waals surface area contributed by atoms with Crippen LogP contribution in [0, 0.1) is 22.7 Å². The van der Waals surface area contributed by atoms with E-state index >= 15 is 0 Å². The number of esters is 1. The van der Waals surface area contributed by atoms with Crippen LogP contribution in [0.1, 0.15) is 141 Å². The average molecular weight is 645 g/mol. The second-order valence-corrected chi connectivity index (χ2v) is 15.4. The molecule has 3 fully saturated rings. The number of rotatable bonds is 13. The quantitative estimate of drug-likeness (QED) is 0.0925. The smallest absolute Gasteiger partial charge is 0.427 e. The summed E-state index contributed by atoms with van der Waals surface area (Å²) in [4.78, 5) is 11.2. The number of carbonyl (C=O) groups is 1. The van der Waals surface area contributed by atoms with Crippen LogP contribution < -0.4 is 4.74 Å². The summed E-state index contributed by atoms with van der Waals surface area (Å²) in [6, 6.07) is 6.39. The van der Waals surface area contributed by atoms with Crippen molar-refractivity contribution >= 4 is 17.7 Å². The van der Waals surface area contributed by atoms with Gasteiger partial charge in [-0.2, -0.15) is 33.7 Å². The minimum absolute atomic E-state index is 0.0896. The highest BCUT2D eigenvalue weighted by Gasteiger charge is 2.66. The normalized spacial score (nSPS) is 26.7. The first-order chi connectivity index (χ1) is 20.8. The number of hydrogen-bond donors (Lipinski definition) is 0. The van der Waals surface area contributed by atoms with Crippen LogP contribution in [0.4, 0.5) is 22.0 Å². The summed E-state index contributed by atoms with van der Waals surface area (Å²) in [7, 11) is 0. The van der Waals surface area contributed by atoms with Gasteiger partial charge in [0.2, 0.25) is 0 Å². The second-order valence-electron chi connectivity index (χ2n) is 14.2. The molecule has 0 bridgehead atoms. The zero-order chi connectivity index (χ0) is 32.0. The van der Waals surface area contributed by atoms with Crippen LogP contribution in [0.5, 0.6) is 5.75 Å².